The Labute approximate surface area is 120 Å². The van der Waals surface area contributed by atoms with Crippen LogP contribution < -0.4 is 4.74 Å². The number of carbonyl (C=O) groups is 1. The van der Waals surface area contributed by atoms with Crippen LogP contribution in [0.4, 0.5) is 0 Å². The van der Waals surface area contributed by atoms with Gasteiger partial charge in [0.2, 0.25) is 0 Å². The molecule has 0 radical (unpaired) electrons. The molecular weight excluding hydrogens is 347 g/mol. The monoisotopic (exact) mass is 362 g/mol. The average Bonchev–Trinajstić information content (AvgIpc) is 2.34. The van der Waals surface area contributed by atoms with Crippen LogP contribution in [0.25, 0.3) is 0 Å². The third-order valence-corrected chi connectivity index (χ3v) is 3.36. The lowest BCUT2D eigenvalue weighted by Gasteiger charge is -2.17. The van der Waals surface area contributed by atoms with Gasteiger partial charge in [0, 0.05) is 0 Å². The van der Waals surface area contributed by atoms with E-state index in [-0.39, 0.29) is 11.3 Å². The van der Waals surface area contributed by atoms with E-state index < -0.39 is 12.1 Å². The molecule has 0 fully saturated rings. The van der Waals surface area contributed by atoms with Gasteiger partial charge in [0.1, 0.15) is 17.6 Å². The number of aromatic hydroxyl groups is 1. The first-order valence-electron chi connectivity index (χ1n) is 5.47. The zero-order valence-electron chi connectivity index (χ0n) is 10.3. The van der Waals surface area contributed by atoms with E-state index in [4.69, 9.17) is 9.47 Å². The maximum Gasteiger partial charge on any atom is 0.337 e. The molecule has 1 unspecified atom stereocenters. The van der Waals surface area contributed by atoms with Crippen LogP contribution >= 0.6 is 22.6 Å². The molecule has 1 aromatic rings. The Morgan fingerprint density at radius 3 is 2.83 bits per heavy atom. The van der Waals surface area contributed by atoms with E-state index in [1.807, 2.05) is 22.6 Å². The van der Waals surface area contributed by atoms with Gasteiger partial charge in [0.05, 0.1) is 15.8 Å². The molecule has 5 heteroatoms. The quantitative estimate of drug-likeness (QED) is 0.497. The molecule has 0 aliphatic heterocycles. The van der Waals surface area contributed by atoms with Crippen molar-refractivity contribution in [1.82, 2.24) is 0 Å². The van der Waals surface area contributed by atoms with Gasteiger partial charge in [-0.15, -0.1) is 0 Å². The van der Waals surface area contributed by atoms with E-state index in [0.29, 0.717) is 15.9 Å². The first-order valence-corrected chi connectivity index (χ1v) is 6.55. The van der Waals surface area contributed by atoms with Crippen LogP contribution in [-0.4, -0.2) is 23.8 Å². The summed E-state index contributed by atoms with van der Waals surface area (Å²) in [6, 6.07) is 4.96. The number of hydrogen-bond donors (Lipinski definition) is 1. The van der Waals surface area contributed by atoms with Gasteiger partial charge in [-0.3, -0.25) is 0 Å². The fourth-order valence-electron chi connectivity index (χ4n) is 1.24. The second kappa shape index (κ2) is 6.63. The summed E-state index contributed by atoms with van der Waals surface area (Å²) in [6.45, 7) is 7.40. The fraction of sp³-hybridized carbons (Fsp3) is 0.308. The Bertz CT molecular complexity index is 456. The van der Waals surface area contributed by atoms with E-state index in [9.17, 15) is 9.90 Å². The number of phenols is 1. The first kappa shape index (κ1) is 14.8. The van der Waals surface area contributed by atoms with Crippen molar-refractivity contribution in [3.63, 3.8) is 0 Å². The summed E-state index contributed by atoms with van der Waals surface area (Å²) < 4.78 is 11.0. The molecule has 0 aromatic heterocycles. The predicted octanol–water partition coefficient (Wildman–Crippen LogP) is 2.88. The molecule has 1 aromatic carbocycles. The lowest BCUT2D eigenvalue weighted by Crippen LogP contribution is -2.22. The van der Waals surface area contributed by atoms with Crippen molar-refractivity contribution >= 4 is 28.6 Å². The molecule has 0 spiro atoms. The summed E-state index contributed by atoms with van der Waals surface area (Å²) in [5.74, 6) is 0.177. The van der Waals surface area contributed by atoms with Gasteiger partial charge in [-0.05, 0) is 48.6 Å². The summed E-state index contributed by atoms with van der Waals surface area (Å²) in [5, 5.41) is 9.54. The second-order valence-corrected chi connectivity index (χ2v) is 4.67. The summed E-state index contributed by atoms with van der Waals surface area (Å²) in [4.78, 5) is 11.5. The van der Waals surface area contributed by atoms with Crippen molar-refractivity contribution in [1.29, 1.82) is 0 Å². The first-order chi connectivity index (χ1) is 8.47. The van der Waals surface area contributed by atoms with E-state index in [1.54, 1.807) is 32.0 Å². The Kier molecular flexibility index (Phi) is 5.46. The number of halogens is 1. The lowest BCUT2D eigenvalue weighted by molar-refractivity contribution is -0.139. The zero-order valence-corrected chi connectivity index (χ0v) is 12.4. The third-order valence-electron chi connectivity index (χ3n) is 2.27. The van der Waals surface area contributed by atoms with Gasteiger partial charge >= 0.3 is 5.97 Å². The van der Waals surface area contributed by atoms with Crippen LogP contribution in [0.3, 0.4) is 0 Å². The molecule has 0 bridgehead atoms. The standard InChI is InChI=1S/C13H15IO4/c1-4-17-13(16)8(2)9(3)18-11-7-5-6-10(15)12(11)14/h5-7,9,15H,2,4H2,1,3H3. The number of phenolic OH excluding ortho intramolecular Hbond substituents is 1. The third kappa shape index (κ3) is 3.63. The summed E-state index contributed by atoms with van der Waals surface area (Å²) in [5.41, 5.74) is 0.246. The van der Waals surface area contributed by atoms with Crippen molar-refractivity contribution in [3.8, 4) is 11.5 Å². The van der Waals surface area contributed by atoms with Gasteiger partial charge in [-0.2, -0.15) is 0 Å². The Morgan fingerprint density at radius 2 is 2.22 bits per heavy atom. The minimum absolute atomic E-state index is 0.141. The van der Waals surface area contributed by atoms with Crippen molar-refractivity contribution in [2.75, 3.05) is 6.61 Å². The molecular formula is C13H15IO4. The Hall–Kier alpha value is -1.24. The lowest BCUT2D eigenvalue weighted by atomic mass is 10.2. The normalized spacial score (nSPS) is 11.7. The topological polar surface area (TPSA) is 55.8 Å². The molecule has 0 saturated carbocycles. The average molecular weight is 362 g/mol. The highest BCUT2D eigenvalue weighted by molar-refractivity contribution is 14.1. The number of hydrogen-bond acceptors (Lipinski definition) is 4. The molecule has 1 N–H and O–H groups in total. The van der Waals surface area contributed by atoms with Crippen LogP contribution in [0.1, 0.15) is 13.8 Å². The van der Waals surface area contributed by atoms with Gasteiger partial charge in [0.15, 0.2) is 0 Å². The predicted molar refractivity (Wildman–Crippen MR) is 76.7 cm³/mol. The van der Waals surface area contributed by atoms with Crippen LogP contribution in [-0.2, 0) is 9.53 Å². The highest BCUT2D eigenvalue weighted by Crippen LogP contribution is 2.30. The summed E-state index contributed by atoms with van der Waals surface area (Å²) in [6.07, 6.45) is -0.514. The molecule has 0 aliphatic carbocycles. The van der Waals surface area contributed by atoms with Gasteiger partial charge < -0.3 is 14.6 Å². The Morgan fingerprint density at radius 1 is 1.56 bits per heavy atom. The maximum atomic E-state index is 11.5. The molecule has 0 amide bonds. The number of ether oxygens (including phenoxy) is 2. The van der Waals surface area contributed by atoms with E-state index >= 15 is 0 Å². The molecule has 1 atom stereocenters. The van der Waals surface area contributed by atoms with Crippen LogP contribution in [0.2, 0.25) is 0 Å². The minimum Gasteiger partial charge on any atom is -0.507 e. The highest BCUT2D eigenvalue weighted by atomic mass is 127. The zero-order chi connectivity index (χ0) is 13.7. The molecule has 18 heavy (non-hydrogen) atoms. The van der Waals surface area contributed by atoms with Gasteiger partial charge in [0.25, 0.3) is 0 Å². The van der Waals surface area contributed by atoms with Crippen molar-refractivity contribution in [2.45, 2.75) is 20.0 Å². The Balaban J connectivity index is 2.75. The molecule has 0 saturated heterocycles. The van der Waals surface area contributed by atoms with Crippen molar-refractivity contribution < 1.29 is 19.4 Å². The number of esters is 1. The molecule has 4 nitrogen and oxygen atoms in total. The summed E-state index contributed by atoms with van der Waals surface area (Å²) in [7, 11) is 0. The number of carbonyl (C=O) groups excluding carboxylic acids is 1. The smallest absolute Gasteiger partial charge is 0.337 e. The molecule has 1 rings (SSSR count). The molecule has 98 valence electrons. The minimum atomic E-state index is -0.514. The van der Waals surface area contributed by atoms with E-state index in [0.717, 1.165) is 0 Å². The number of benzene rings is 1. The van der Waals surface area contributed by atoms with Crippen LogP contribution in [0.15, 0.2) is 30.4 Å². The van der Waals surface area contributed by atoms with E-state index in [1.165, 1.54) is 0 Å². The van der Waals surface area contributed by atoms with E-state index in [2.05, 4.69) is 6.58 Å². The molecule has 0 heterocycles. The van der Waals surface area contributed by atoms with Crippen molar-refractivity contribution in [2.24, 2.45) is 0 Å². The second-order valence-electron chi connectivity index (χ2n) is 3.60. The van der Waals surface area contributed by atoms with Crippen LogP contribution in [0, 0.1) is 3.57 Å². The van der Waals surface area contributed by atoms with Gasteiger partial charge in [-0.25, -0.2) is 4.79 Å². The highest BCUT2D eigenvalue weighted by Gasteiger charge is 2.18. The largest absolute Gasteiger partial charge is 0.507 e. The van der Waals surface area contributed by atoms with Crippen LogP contribution in [0.5, 0.6) is 11.5 Å². The SMILES string of the molecule is C=C(C(=O)OCC)C(C)Oc1cccc(O)c1I. The molecule has 0 aliphatic rings. The van der Waals surface area contributed by atoms with Gasteiger partial charge in [-0.1, -0.05) is 12.6 Å². The fourth-order valence-corrected chi connectivity index (χ4v) is 1.73. The summed E-state index contributed by atoms with van der Waals surface area (Å²) >= 11 is 1.97. The maximum absolute atomic E-state index is 11.5. The number of rotatable bonds is 5. The van der Waals surface area contributed by atoms with Crippen molar-refractivity contribution in [3.05, 3.63) is 33.9 Å².